The van der Waals surface area contributed by atoms with Crippen molar-refractivity contribution in [3.05, 3.63) is 65.0 Å². The SMILES string of the molecule is COc1cc([C@@H]2C3=C(CCCC3=O)Nc3c2ccc2ncccc32)cc(OC)c1OC. The Kier molecular flexibility index (Phi) is 4.77. The molecule has 2 aliphatic rings. The maximum atomic E-state index is 13.1. The summed E-state index contributed by atoms with van der Waals surface area (Å²) in [4.78, 5) is 17.6. The Morgan fingerprint density at radius 2 is 1.77 bits per heavy atom. The van der Waals surface area contributed by atoms with E-state index in [9.17, 15) is 4.79 Å². The molecule has 0 saturated carbocycles. The number of ketones is 1. The number of hydrogen-bond donors (Lipinski definition) is 1. The molecule has 31 heavy (non-hydrogen) atoms. The van der Waals surface area contributed by atoms with E-state index in [1.165, 1.54) is 0 Å². The lowest BCUT2D eigenvalue weighted by atomic mass is 9.75. The van der Waals surface area contributed by atoms with Crippen LogP contribution in [0.25, 0.3) is 10.9 Å². The molecule has 0 radical (unpaired) electrons. The molecule has 1 aromatic heterocycles. The van der Waals surface area contributed by atoms with Crippen LogP contribution in [0, 0.1) is 0 Å². The number of benzene rings is 2. The first-order chi connectivity index (χ1) is 15.2. The molecule has 1 atom stereocenters. The van der Waals surface area contributed by atoms with Gasteiger partial charge in [-0.3, -0.25) is 9.78 Å². The zero-order valence-electron chi connectivity index (χ0n) is 17.8. The molecule has 0 fully saturated rings. The van der Waals surface area contributed by atoms with E-state index in [4.69, 9.17) is 14.2 Å². The Morgan fingerprint density at radius 1 is 1.00 bits per heavy atom. The van der Waals surface area contributed by atoms with Crippen LogP contribution in [0.2, 0.25) is 0 Å². The molecule has 0 amide bonds. The van der Waals surface area contributed by atoms with Crippen LogP contribution in [0.4, 0.5) is 5.69 Å². The molecule has 6 nitrogen and oxygen atoms in total. The predicted octanol–water partition coefficient (Wildman–Crippen LogP) is 4.83. The number of carbonyl (C=O) groups excluding carboxylic acids is 1. The number of allylic oxidation sites excluding steroid dienone is 2. The molecule has 0 spiro atoms. The molecule has 3 aromatic rings. The van der Waals surface area contributed by atoms with Crippen LogP contribution < -0.4 is 19.5 Å². The quantitative estimate of drug-likeness (QED) is 0.657. The molecule has 1 aliphatic heterocycles. The third-order valence-electron chi connectivity index (χ3n) is 6.17. The second-order valence-electron chi connectivity index (χ2n) is 7.79. The molecule has 6 heteroatoms. The van der Waals surface area contributed by atoms with Gasteiger partial charge in [0.1, 0.15) is 0 Å². The van der Waals surface area contributed by atoms with E-state index in [0.29, 0.717) is 23.7 Å². The molecule has 1 N–H and O–H groups in total. The number of fused-ring (bicyclic) bond motifs is 3. The number of nitrogens with zero attached hydrogens (tertiary/aromatic N) is 1. The molecule has 2 aromatic carbocycles. The fraction of sp³-hybridized carbons (Fsp3) is 0.280. The fourth-order valence-electron chi connectivity index (χ4n) is 4.80. The number of ether oxygens (including phenoxy) is 3. The highest BCUT2D eigenvalue weighted by Crippen LogP contribution is 2.50. The maximum Gasteiger partial charge on any atom is 0.203 e. The first kappa shape index (κ1) is 19.4. The highest BCUT2D eigenvalue weighted by Gasteiger charge is 2.36. The molecule has 2 heterocycles. The number of pyridine rings is 1. The molecular weight excluding hydrogens is 392 g/mol. The van der Waals surface area contributed by atoms with Crippen LogP contribution in [-0.2, 0) is 4.79 Å². The molecule has 0 bridgehead atoms. The second kappa shape index (κ2) is 7.61. The highest BCUT2D eigenvalue weighted by molar-refractivity contribution is 6.04. The number of methoxy groups -OCH3 is 3. The summed E-state index contributed by atoms with van der Waals surface area (Å²) in [6.45, 7) is 0. The average molecular weight is 416 g/mol. The van der Waals surface area contributed by atoms with Crippen LogP contribution in [0.15, 0.2) is 53.9 Å². The van der Waals surface area contributed by atoms with E-state index in [2.05, 4.69) is 22.4 Å². The van der Waals surface area contributed by atoms with Crippen LogP contribution in [-0.4, -0.2) is 32.1 Å². The summed E-state index contributed by atoms with van der Waals surface area (Å²) in [5, 5.41) is 4.63. The summed E-state index contributed by atoms with van der Waals surface area (Å²) < 4.78 is 16.7. The van der Waals surface area contributed by atoms with E-state index < -0.39 is 0 Å². The first-order valence-electron chi connectivity index (χ1n) is 10.4. The van der Waals surface area contributed by atoms with E-state index in [0.717, 1.165) is 51.8 Å². The minimum absolute atomic E-state index is 0.185. The van der Waals surface area contributed by atoms with Crippen molar-refractivity contribution in [3.8, 4) is 17.2 Å². The van der Waals surface area contributed by atoms with E-state index >= 15 is 0 Å². The van der Waals surface area contributed by atoms with Crippen molar-refractivity contribution in [3.63, 3.8) is 0 Å². The van der Waals surface area contributed by atoms with Crippen molar-refractivity contribution in [1.29, 1.82) is 0 Å². The van der Waals surface area contributed by atoms with Crippen LogP contribution in [0.3, 0.4) is 0 Å². The van der Waals surface area contributed by atoms with Crippen molar-refractivity contribution in [2.24, 2.45) is 0 Å². The number of Topliss-reactive ketones (excluding diaryl/α,β-unsaturated/α-hetero) is 1. The number of aromatic nitrogens is 1. The first-order valence-corrected chi connectivity index (χ1v) is 10.4. The summed E-state index contributed by atoms with van der Waals surface area (Å²) in [6.07, 6.45) is 4.05. The predicted molar refractivity (Wildman–Crippen MR) is 119 cm³/mol. The highest BCUT2D eigenvalue weighted by atomic mass is 16.5. The van der Waals surface area contributed by atoms with E-state index in [1.54, 1.807) is 27.5 Å². The minimum atomic E-state index is -0.225. The number of hydrogen-bond acceptors (Lipinski definition) is 6. The van der Waals surface area contributed by atoms with Gasteiger partial charge >= 0.3 is 0 Å². The van der Waals surface area contributed by atoms with Crippen molar-refractivity contribution < 1.29 is 19.0 Å². The molecule has 158 valence electrons. The van der Waals surface area contributed by atoms with Gasteiger partial charge < -0.3 is 19.5 Å². The minimum Gasteiger partial charge on any atom is -0.493 e. The monoisotopic (exact) mass is 416 g/mol. The van der Waals surface area contributed by atoms with Crippen LogP contribution in [0.5, 0.6) is 17.2 Å². The van der Waals surface area contributed by atoms with Gasteiger partial charge in [-0.1, -0.05) is 6.07 Å². The molecule has 5 rings (SSSR count). The third kappa shape index (κ3) is 3.02. The number of anilines is 1. The summed E-state index contributed by atoms with van der Waals surface area (Å²) in [6, 6.07) is 12.0. The van der Waals surface area contributed by atoms with Gasteiger partial charge in [-0.15, -0.1) is 0 Å². The average Bonchev–Trinajstić information content (AvgIpc) is 2.81. The lowest BCUT2D eigenvalue weighted by molar-refractivity contribution is -0.116. The number of nitrogens with one attached hydrogen (secondary N) is 1. The second-order valence-corrected chi connectivity index (χ2v) is 7.79. The van der Waals surface area contributed by atoms with Gasteiger partial charge in [0, 0.05) is 35.2 Å². The van der Waals surface area contributed by atoms with E-state index in [-0.39, 0.29) is 11.7 Å². The molecular formula is C25H24N2O4. The number of carbonyl (C=O) groups is 1. The maximum absolute atomic E-state index is 13.1. The van der Waals surface area contributed by atoms with Gasteiger partial charge in [0.05, 0.1) is 32.5 Å². The Labute approximate surface area is 180 Å². The van der Waals surface area contributed by atoms with Crippen LogP contribution >= 0.6 is 0 Å². The zero-order chi connectivity index (χ0) is 21.5. The molecule has 1 aliphatic carbocycles. The van der Waals surface area contributed by atoms with Crippen molar-refractivity contribution in [2.45, 2.75) is 25.2 Å². The Bertz CT molecular complexity index is 1210. The molecule has 0 saturated heterocycles. The lowest BCUT2D eigenvalue weighted by Gasteiger charge is -2.35. The summed E-state index contributed by atoms with van der Waals surface area (Å²) >= 11 is 0. The Balaban J connectivity index is 1.80. The van der Waals surface area contributed by atoms with Gasteiger partial charge in [0.2, 0.25) is 5.75 Å². The zero-order valence-corrected chi connectivity index (χ0v) is 17.8. The molecule has 0 unspecified atom stereocenters. The summed E-state index contributed by atoms with van der Waals surface area (Å²) in [5.74, 6) is 1.64. The fourth-order valence-corrected chi connectivity index (χ4v) is 4.80. The van der Waals surface area contributed by atoms with Gasteiger partial charge in [0.25, 0.3) is 0 Å². The van der Waals surface area contributed by atoms with Gasteiger partial charge in [-0.25, -0.2) is 0 Å². The lowest BCUT2D eigenvalue weighted by Crippen LogP contribution is -2.27. The standard InChI is InChI=1S/C25H24N2O4/c1-29-20-12-14(13-21(30-2)25(20)31-3)22-16-9-10-17-15(6-5-11-26-17)24(16)27-18-7-4-8-19(28)23(18)22/h5-6,9-13,22,27H,4,7-8H2,1-3H3/t22-/m0/s1. The Morgan fingerprint density at radius 3 is 2.48 bits per heavy atom. The van der Waals surface area contributed by atoms with Gasteiger partial charge in [0.15, 0.2) is 17.3 Å². The summed E-state index contributed by atoms with van der Waals surface area (Å²) in [7, 11) is 4.80. The largest absolute Gasteiger partial charge is 0.493 e. The van der Waals surface area contributed by atoms with Crippen LogP contribution in [0.1, 0.15) is 36.3 Å². The van der Waals surface area contributed by atoms with E-state index in [1.807, 2.05) is 24.3 Å². The topological polar surface area (TPSA) is 69.7 Å². The third-order valence-corrected chi connectivity index (χ3v) is 6.17. The normalized spacial score (nSPS) is 17.6. The van der Waals surface area contributed by atoms with Crippen molar-refractivity contribution >= 4 is 22.4 Å². The Hall–Kier alpha value is -3.54. The summed E-state index contributed by atoms with van der Waals surface area (Å²) in [5.41, 5.74) is 5.74. The van der Waals surface area contributed by atoms with Crippen molar-refractivity contribution in [2.75, 3.05) is 26.6 Å². The van der Waals surface area contributed by atoms with Gasteiger partial charge in [-0.2, -0.15) is 0 Å². The number of rotatable bonds is 4. The van der Waals surface area contributed by atoms with Gasteiger partial charge in [-0.05, 0) is 54.3 Å². The van der Waals surface area contributed by atoms with Crippen molar-refractivity contribution in [1.82, 2.24) is 4.98 Å². The smallest absolute Gasteiger partial charge is 0.203 e.